The normalized spacial score (nSPS) is 23.1. The number of hydrogen-bond acceptors (Lipinski definition) is 2. The number of rotatable bonds is 6. The fourth-order valence-corrected chi connectivity index (χ4v) is 2.67. The molecule has 3 nitrogen and oxygen atoms in total. The molecule has 0 aromatic heterocycles. The van der Waals surface area contributed by atoms with Crippen molar-refractivity contribution in [3.05, 3.63) is 12.2 Å². The second-order valence-corrected chi connectivity index (χ2v) is 5.75. The number of amides is 1. The molecule has 18 heavy (non-hydrogen) atoms. The quantitative estimate of drug-likeness (QED) is 0.738. The van der Waals surface area contributed by atoms with Gasteiger partial charge in [0.2, 0.25) is 5.91 Å². The van der Waals surface area contributed by atoms with Gasteiger partial charge in [-0.2, -0.15) is 0 Å². The molecule has 104 valence electrons. The van der Waals surface area contributed by atoms with E-state index in [1.54, 1.807) is 0 Å². The van der Waals surface area contributed by atoms with Crippen molar-refractivity contribution in [2.75, 3.05) is 6.54 Å². The van der Waals surface area contributed by atoms with E-state index in [1.165, 1.54) is 0 Å². The van der Waals surface area contributed by atoms with Crippen molar-refractivity contribution in [3.8, 4) is 0 Å². The van der Waals surface area contributed by atoms with Gasteiger partial charge in [0, 0.05) is 18.6 Å². The first-order valence-electron chi connectivity index (χ1n) is 7.23. The molecule has 2 atom stereocenters. The molecule has 0 aliphatic heterocycles. The first kappa shape index (κ1) is 15.2. The van der Waals surface area contributed by atoms with Crippen LogP contribution in [-0.4, -0.2) is 29.4 Å². The number of carbonyl (C=O) groups excluding carboxylic acids is 1. The molecule has 0 fully saturated rings. The molecule has 1 rings (SSSR count). The van der Waals surface area contributed by atoms with E-state index in [9.17, 15) is 4.79 Å². The van der Waals surface area contributed by atoms with Crippen LogP contribution in [0.3, 0.4) is 0 Å². The molecule has 0 saturated carbocycles. The SMILES string of the molecule is CCC(CC)N(CC(C)C)C(=O)C1C=CC(N)C1. The molecule has 1 amide bonds. The lowest BCUT2D eigenvalue weighted by atomic mass is 10.0. The molecule has 0 bridgehead atoms. The molecule has 2 N–H and O–H groups in total. The van der Waals surface area contributed by atoms with Crippen molar-refractivity contribution in [2.24, 2.45) is 17.6 Å². The third-order valence-electron chi connectivity index (χ3n) is 3.66. The fraction of sp³-hybridized carbons (Fsp3) is 0.800. The van der Waals surface area contributed by atoms with Crippen LogP contribution in [0.25, 0.3) is 0 Å². The van der Waals surface area contributed by atoms with E-state index in [0.717, 1.165) is 25.8 Å². The summed E-state index contributed by atoms with van der Waals surface area (Å²) in [5.74, 6) is 0.773. The highest BCUT2D eigenvalue weighted by molar-refractivity contribution is 5.81. The highest BCUT2D eigenvalue weighted by Crippen LogP contribution is 2.22. The minimum atomic E-state index is -0.000602. The van der Waals surface area contributed by atoms with Crippen LogP contribution in [0, 0.1) is 11.8 Å². The largest absolute Gasteiger partial charge is 0.339 e. The van der Waals surface area contributed by atoms with Crippen molar-refractivity contribution in [1.29, 1.82) is 0 Å². The summed E-state index contributed by atoms with van der Waals surface area (Å²) in [4.78, 5) is 14.7. The average Bonchev–Trinajstić information content (AvgIpc) is 2.74. The van der Waals surface area contributed by atoms with E-state index in [4.69, 9.17) is 5.73 Å². The summed E-state index contributed by atoms with van der Waals surface area (Å²) in [5.41, 5.74) is 5.85. The van der Waals surface area contributed by atoms with E-state index >= 15 is 0 Å². The maximum atomic E-state index is 12.6. The van der Waals surface area contributed by atoms with Gasteiger partial charge in [-0.05, 0) is 25.2 Å². The van der Waals surface area contributed by atoms with Gasteiger partial charge in [0.05, 0.1) is 5.92 Å². The van der Waals surface area contributed by atoms with E-state index in [1.807, 2.05) is 12.2 Å². The molecular weight excluding hydrogens is 224 g/mol. The molecule has 0 saturated heterocycles. The van der Waals surface area contributed by atoms with Crippen molar-refractivity contribution in [3.63, 3.8) is 0 Å². The summed E-state index contributed by atoms with van der Waals surface area (Å²) in [6, 6.07) is 0.423. The van der Waals surface area contributed by atoms with Crippen LogP contribution in [0.4, 0.5) is 0 Å². The maximum Gasteiger partial charge on any atom is 0.229 e. The molecule has 3 heteroatoms. The second kappa shape index (κ2) is 6.93. The van der Waals surface area contributed by atoms with Crippen LogP contribution in [0.2, 0.25) is 0 Å². The Labute approximate surface area is 111 Å². The topological polar surface area (TPSA) is 46.3 Å². The Kier molecular flexibility index (Phi) is 5.86. The molecule has 0 radical (unpaired) electrons. The Balaban J connectivity index is 2.75. The summed E-state index contributed by atoms with van der Waals surface area (Å²) in [6.07, 6.45) is 6.77. The zero-order valence-corrected chi connectivity index (χ0v) is 12.2. The molecule has 1 aliphatic rings. The smallest absolute Gasteiger partial charge is 0.229 e. The number of hydrogen-bond donors (Lipinski definition) is 1. The monoisotopic (exact) mass is 252 g/mol. The summed E-state index contributed by atoms with van der Waals surface area (Å²) in [5, 5.41) is 0. The van der Waals surface area contributed by atoms with E-state index in [2.05, 4.69) is 32.6 Å². The Morgan fingerprint density at radius 2 is 1.94 bits per heavy atom. The number of carbonyl (C=O) groups is 1. The van der Waals surface area contributed by atoms with Gasteiger partial charge >= 0.3 is 0 Å². The fourth-order valence-electron chi connectivity index (χ4n) is 2.67. The molecule has 0 aromatic rings. The minimum absolute atomic E-state index is 0.000602. The molecular formula is C15H28N2O. The number of nitrogens with two attached hydrogens (primary N) is 1. The van der Waals surface area contributed by atoms with Crippen LogP contribution in [0.5, 0.6) is 0 Å². The standard InChI is InChI=1S/C15H28N2O/c1-5-14(6-2)17(10-11(3)4)15(18)12-7-8-13(16)9-12/h7-8,11-14H,5-6,9-10,16H2,1-4H3. The maximum absolute atomic E-state index is 12.6. The van der Waals surface area contributed by atoms with Crippen LogP contribution in [0.1, 0.15) is 47.0 Å². The second-order valence-electron chi connectivity index (χ2n) is 5.75. The molecule has 2 unspecified atom stereocenters. The molecule has 0 spiro atoms. The van der Waals surface area contributed by atoms with Crippen molar-refractivity contribution in [1.82, 2.24) is 4.90 Å². The minimum Gasteiger partial charge on any atom is -0.339 e. The van der Waals surface area contributed by atoms with Gasteiger partial charge in [-0.1, -0.05) is 39.8 Å². The summed E-state index contributed by atoms with van der Waals surface area (Å²) in [7, 11) is 0. The first-order chi connectivity index (χ1) is 8.49. The van der Waals surface area contributed by atoms with Gasteiger partial charge in [0.25, 0.3) is 0 Å². The lowest BCUT2D eigenvalue weighted by Gasteiger charge is -2.34. The zero-order valence-electron chi connectivity index (χ0n) is 12.2. The first-order valence-corrected chi connectivity index (χ1v) is 7.23. The lowest BCUT2D eigenvalue weighted by molar-refractivity contribution is -0.137. The van der Waals surface area contributed by atoms with Crippen LogP contribution >= 0.6 is 0 Å². The van der Waals surface area contributed by atoms with Crippen molar-refractivity contribution < 1.29 is 4.79 Å². The lowest BCUT2D eigenvalue weighted by Crippen LogP contribution is -2.44. The highest BCUT2D eigenvalue weighted by Gasteiger charge is 2.30. The van der Waals surface area contributed by atoms with Gasteiger partial charge < -0.3 is 10.6 Å². The predicted octanol–water partition coefficient (Wildman–Crippen LogP) is 2.56. The van der Waals surface area contributed by atoms with Gasteiger partial charge in [0.15, 0.2) is 0 Å². The van der Waals surface area contributed by atoms with Crippen molar-refractivity contribution in [2.45, 2.75) is 59.0 Å². The van der Waals surface area contributed by atoms with Crippen LogP contribution in [0.15, 0.2) is 12.2 Å². The summed E-state index contributed by atoms with van der Waals surface area (Å²) in [6.45, 7) is 9.50. The Morgan fingerprint density at radius 1 is 1.33 bits per heavy atom. The summed E-state index contributed by atoms with van der Waals surface area (Å²) < 4.78 is 0. The van der Waals surface area contributed by atoms with Gasteiger partial charge in [-0.3, -0.25) is 4.79 Å². The van der Waals surface area contributed by atoms with Crippen molar-refractivity contribution >= 4 is 5.91 Å². The molecule has 0 aromatic carbocycles. The third-order valence-corrected chi connectivity index (χ3v) is 3.66. The van der Waals surface area contributed by atoms with Gasteiger partial charge in [0.1, 0.15) is 0 Å². The Hall–Kier alpha value is -0.830. The van der Waals surface area contributed by atoms with E-state index in [-0.39, 0.29) is 17.9 Å². The van der Waals surface area contributed by atoms with E-state index in [0.29, 0.717) is 12.0 Å². The van der Waals surface area contributed by atoms with Crippen LogP contribution in [-0.2, 0) is 4.79 Å². The Bertz CT molecular complexity index is 295. The van der Waals surface area contributed by atoms with Gasteiger partial charge in [-0.15, -0.1) is 0 Å². The van der Waals surface area contributed by atoms with E-state index < -0.39 is 0 Å². The van der Waals surface area contributed by atoms with Gasteiger partial charge in [-0.25, -0.2) is 0 Å². The molecule has 0 heterocycles. The Morgan fingerprint density at radius 3 is 2.33 bits per heavy atom. The average molecular weight is 252 g/mol. The van der Waals surface area contributed by atoms with Crippen LogP contribution < -0.4 is 5.73 Å². The predicted molar refractivity (Wildman–Crippen MR) is 76.1 cm³/mol. The molecule has 1 aliphatic carbocycles. The number of nitrogens with zero attached hydrogens (tertiary/aromatic N) is 1. The summed E-state index contributed by atoms with van der Waals surface area (Å²) >= 11 is 0. The third kappa shape index (κ3) is 3.84. The highest BCUT2D eigenvalue weighted by atomic mass is 16.2. The zero-order chi connectivity index (χ0) is 13.7.